The zero-order valence-corrected chi connectivity index (χ0v) is 24.5. The predicted octanol–water partition coefficient (Wildman–Crippen LogP) is 7.61. The lowest BCUT2D eigenvalue weighted by atomic mass is 9.83. The molecule has 0 unspecified atom stereocenters. The van der Waals surface area contributed by atoms with Crippen LogP contribution in [0.1, 0.15) is 49.6 Å². The smallest absolute Gasteiger partial charge is 0.139 e. The van der Waals surface area contributed by atoms with Gasteiger partial charge in [0.05, 0.1) is 5.52 Å². The van der Waals surface area contributed by atoms with E-state index >= 15 is 0 Å². The van der Waals surface area contributed by atoms with E-state index in [4.69, 9.17) is 0 Å². The lowest BCUT2D eigenvalue weighted by molar-refractivity contribution is 0.281. The number of anilines is 1. The van der Waals surface area contributed by atoms with Crippen LogP contribution in [-0.2, 0) is 13.1 Å². The topological polar surface area (TPSA) is 46.0 Å². The summed E-state index contributed by atoms with van der Waals surface area (Å²) in [6, 6.07) is 27.6. The van der Waals surface area contributed by atoms with E-state index in [2.05, 4.69) is 87.6 Å². The Morgan fingerprint density at radius 2 is 1.50 bits per heavy atom. The molecule has 40 heavy (non-hydrogen) atoms. The average Bonchev–Trinajstić information content (AvgIpc) is 3.31. The highest BCUT2D eigenvalue weighted by molar-refractivity contribution is 5.89. The van der Waals surface area contributed by atoms with E-state index in [1.165, 1.54) is 47.7 Å². The predicted molar refractivity (Wildman–Crippen MR) is 169 cm³/mol. The fraction of sp³-hybridized carbons (Fsp3) is 0.371. The van der Waals surface area contributed by atoms with Crippen LogP contribution < -0.4 is 10.2 Å². The number of para-hydroxylation sites is 2. The number of aryl methyl sites for hydroxylation is 1. The van der Waals surface area contributed by atoms with Gasteiger partial charge in [-0.15, -0.1) is 0 Å². The molecule has 1 N–H and O–H groups in total. The van der Waals surface area contributed by atoms with E-state index in [0.717, 1.165) is 54.0 Å². The number of nitrogens with zero attached hydrogens (tertiary/aromatic N) is 4. The van der Waals surface area contributed by atoms with Gasteiger partial charge >= 0.3 is 0 Å². The largest absolute Gasteiger partial charge is 0.362 e. The first-order valence-corrected chi connectivity index (χ1v) is 14.7. The van der Waals surface area contributed by atoms with Gasteiger partial charge in [0.25, 0.3) is 0 Å². The lowest BCUT2D eigenvalue weighted by Crippen LogP contribution is -2.25. The second-order valence-corrected chi connectivity index (χ2v) is 11.5. The van der Waals surface area contributed by atoms with Gasteiger partial charge in [0.1, 0.15) is 11.6 Å². The van der Waals surface area contributed by atoms with Gasteiger partial charge in [-0.3, -0.25) is 0 Å². The standard InChI is InChI=1S/C24H30N2.C11H13N3/c1-19-11-13-20(14-12-19)15-25-16-22-18-26(17-21-7-3-2-4-8-21)24-10-6-5-9-23(22)24;1-8-12-10-7-5-4-6-9(10)11(13-8)14(2)3/h2-10,18-20,25H,11-17H2,1H3;4-7H,1-3H3. The second-order valence-electron chi connectivity index (χ2n) is 11.5. The van der Waals surface area contributed by atoms with E-state index < -0.39 is 0 Å². The Morgan fingerprint density at radius 1 is 0.825 bits per heavy atom. The molecule has 2 heterocycles. The van der Waals surface area contributed by atoms with Crippen LogP contribution >= 0.6 is 0 Å². The highest BCUT2D eigenvalue weighted by Crippen LogP contribution is 2.28. The molecule has 0 saturated heterocycles. The van der Waals surface area contributed by atoms with Gasteiger partial charge in [-0.1, -0.05) is 80.4 Å². The summed E-state index contributed by atoms with van der Waals surface area (Å²) in [4.78, 5) is 10.8. The maximum Gasteiger partial charge on any atom is 0.139 e. The van der Waals surface area contributed by atoms with Crippen LogP contribution in [0.5, 0.6) is 0 Å². The first-order chi connectivity index (χ1) is 19.5. The van der Waals surface area contributed by atoms with Crippen molar-refractivity contribution in [2.45, 2.75) is 52.6 Å². The van der Waals surface area contributed by atoms with Crippen molar-refractivity contribution in [1.82, 2.24) is 19.9 Å². The molecule has 5 nitrogen and oxygen atoms in total. The summed E-state index contributed by atoms with van der Waals surface area (Å²) in [6.45, 7) is 7.37. The van der Waals surface area contributed by atoms with Crippen molar-refractivity contribution >= 4 is 27.6 Å². The van der Waals surface area contributed by atoms with Crippen molar-refractivity contribution in [2.75, 3.05) is 25.5 Å². The molecule has 5 aromatic rings. The molecule has 5 heteroatoms. The van der Waals surface area contributed by atoms with Gasteiger partial charge in [0, 0.05) is 49.7 Å². The monoisotopic (exact) mass is 533 g/mol. The van der Waals surface area contributed by atoms with Crippen molar-refractivity contribution in [2.24, 2.45) is 11.8 Å². The molecule has 0 radical (unpaired) electrons. The highest BCUT2D eigenvalue weighted by atomic mass is 15.1. The van der Waals surface area contributed by atoms with Gasteiger partial charge in [-0.2, -0.15) is 0 Å². The molecule has 0 aliphatic heterocycles. The number of hydrogen-bond donors (Lipinski definition) is 1. The Labute approximate surface area is 239 Å². The van der Waals surface area contributed by atoms with Crippen LogP contribution in [-0.4, -0.2) is 35.2 Å². The summed E-state index contributed by atoms with van der Waals surface area (Å²) in [7, 11) is 3.99. The minimum absolute atomic E-state index is 0.812. The van der Waals surface area contributed by atoms with Crippen LogP contribution in [0, 0.1) is 18.8 Å². The molecular formula is C35H43N5. The third-order valence-electron chi connectivity index (χ3n) is 8.07. The molecule has 2 aromatic heterocycles. The Morgan fingerprint density at radius 3 is 2.25 bits per heavy atom. The Hall–Kier alpha value is -3.70. The number of nitrogens with one attached hydrogen (secondary N) is 1. The normalized spacial score (nSPS) is 17.0. The zero-order chi connectivity index (χ0) is 27.9. The quantitative estimate of drug-likeness (QED) is 0.234. The number of rotatable bonds is 7. The first kappa shape index (κ1) is 27.9. The van der Waals surface area contributed by atoms with Crippen molar-refractivity contribution in [3.8, 4) is 0 Å². The molecule has 1 saturated carbocycles. The molecule has 3 aromatic carbocycles. The van der Waals surface area contributed by atoms with Crippen molar-refractivity contribution in [1.29, 1.82) is 0 Å². The van der Waals surface area contributed by atoms with E-state index in [-0.39, 0.29) is 0 Å². The maximum atomic E-state index is 4.42. The molecule has 0 amide bonds. The zero-order valence-electron chi connectivity index (χ0n) is 24.5. The van der Waals surface area contributed by atoms with E-state index in [1.807, 2.05) is 50.2 Å². The number of aromatic nitrogens is 3. The molecule has 1 fully saturated rings. The van der Waals surface area contributed by atoms with Gasteiger partial charge in [-0.25, -0.2) is 9.97 Å². The summed E-state index contributed by atoms with van der Waals surface area (Å²) in [5.74, 6) is 3.59. The Balaban J connectivity index is 0.000000194. The highest BCUT2D eigenvalue weighted by Gasteiger charge is 2.18. The molecule has 6 rings (SSSR count). The van der Waals surface area contributed by atoms with E-state index in [1.54, 1.807) is 0 Å². The van der Waals surface area contributed by atoms with E-state index in [0.29, 0.717) is 0 Å². The third kappa shape index (κ3) is 6.89. The summed E-state index contributed by atoms with van der Waals surface area (Å²) < 4.78 is 2.39. The molecule has 208 valence electrons. The van der Waals surface area contributed by atoms with Crippen molar-refractivity contribution in [3.63, 3.8) is 0 Å². The summed E-state index contributed by atoms with van der Waals surface area (Å²) >= 11 is 0. The van der Waals surface area contributed by atoms with Gasteiger partial charge in [-0.05, 0) is 67.5 Å². The maximum absolute atomic E-state index is 4.42. The fourth-order valence-electron chi connectivity index (χ4n) is 5.83. The van der Waals surface area contributed by atoms with E-state index in [9.17, 15) is 0 Å². The van der Waals surface area contributed by atoms with Crippen LogP contribution in [0.25, 0.3) is 21.8 Å². The first-order valence-electron chi connectivity index (χ1n) is 14.7. The Bertz CT molecular complexity index is 1510. The van der Waals surface area contributed by atoms with Gasteiger partial charge < -0.3 is 14.8 Å². The Kier molecular flexibility index (Phi) is 9.12. The lowest BCUT2D eigenvalue weighted by Gasteiger charge is -2.26. The van der Waals surface area contributed by atoms with Crippen LogP contribution in [0.15, 0.2) is 85.1 Å². The second kappa shape index (κ2) is 13.1. The summed E-state index contributed by atoms with van der Waals surface area (Å²) in [6.07, 6.45) is 7.94. The van der Waals surface area contributed by atoms with Gasteiger partial charge in [0.2, 0.25) is 0 Å². The third-order valence-corrected chi connectivity index (χ3v) is 8.07. The number of hydrogen-bond acceptors (Lipinski definition) is 4. The van der Waals surface area contributed by atoms with Crippen LogP contribution in [0.2, 0.25) is 0 Å². The minimum Gasteiger partial charge on any atom is -0.362 e. The molecule has 0 bridgehead atoms. The average molecular weight is 534 g/mol. The fourth-order valence-corrected chi connectivity index (χ4v) is 5.83. The minimum atomic E-state index is 0.812. The van der Waals surface area contributed by atoms with Crippen molar-refractivity contribution in [3.05, 3.63) is 102 Å². The molecule has 0 atom stereocenters. The number of benzene rings is 3. The SMILES string of the molecule is CC1CCC(CNCc2cn(Cc3ccccc3)c3ccccc23)CC1.Cc1nc(N(C)C)c2ccccc2n1. The van der Waals surface area contributed by atoms with Crippen molar-refractivity contribution < 1.29 is 0 Å². The van der Waals surface area contributed by atoms with Crippen LogP contribution in [0.4, 0.5) is 5.82 Å². The number of fused-ring (bicyclic) bond motifs is 2. The van der Waals surface area contributed by atoms with Gasteiger partial charge in [0.15, 0.2) is 0 Å². The summed E-state index contributed by atoms with van der Waals surface area (Å²) in [5.41, 5.74) is 5.10. The molecule has 0 spiro atoms. The summed E-state index contributed by atoms with van der Waals surface area (Å²) in [5, 5.41) is 6.22. The van der Waals surface area contributed by atoms with Crippen LogP contribution in [0.3, 0.4) is 0 Å². The molecule has 1 aliphatic rings. The molecular weight excluding hydrogens is 490 g/mol. The molecule has 1 aliphatic carbocycles.